The number of aromatic nitrogens is 2. The molecule has 0 atom stereocenters. The number of carbonyl (C=O) groups excluding carboxylic acids is 1. The number of halogens is 1. The van der Waals surface area contributed by atoms with Gasteiger partial charge < -0.3 is 9.84 Å². The van der Waals surface area contributed by atoms with Gasteiger partial charge in [-0.15, -0.1) is 0 Å². The van der Waals surface area contributed by atoms with Crippen LogP contribution >= 0.6 is 0 Å². The van der Waals surface area contributed by atoms with Gasteiger partial charge in [-0.3, -0.25) is 4.79 Å². The summed E-state index contributed by atoms with van der Waals surface area (Å²) in [5, 5.41) is 16.0. The largest absolute Gasteiger partial charge is 0.339 e. The number of amides is 1. The monoisotopic (exact) mass is 342 g/mol. The summed E-state index contributed by atoms with van der Waals surface area (Å²) in [6.07, 6.45) is 3.31. The first kappa shape index (κ1) is 17.1. The van der Waals surface area contributed by atoms with Crippen molar-refractivity contribution < 1.29 is 13.7 Å². The molecule has 0 aliphatic heterocycles. The van der Waals surface area contributed by atoms with Crippen molar-refractivity contribution in [3.8, 4) is 6.07 Å². The second-order valence-corrected chi connectivity index (χ2v) is 6.66. The van der Waals surface area contributed by atoms with Gasteiger partial charge in [0.15, 0.2) is 5.82 Å². The average Bonchev–Trinajstić information content (AvgIpc) is 3.25. The first-order valence-electron chi connectivity index (χ1n) is 8.31. The fraction of sp³-hybridized carbons (Fsp3) is 0.444. The summed E-state index contributed by atoms with van der Waals surface area (Å²) in [6.45, 7) is 3.91. The lowest BCUT2D eigenvalue weighted by molar-refractivity contribution is 0.0892. The van der Waals surface area contributed by atoms with Crippen LogP contribution in [0, 0.1) is 17.1 Å². The van der Waals surface area contributed by atoms with Crippen LogP contribution in [-0.4, -0.2) is 16.0 Å². The normalized spacial score (nSPS) is 16.0. The molecule has 1 heterocycles. The summed E-state index contributed by atoms with van der Waals surface area (Å²) >= 11 is 0. The van der Waals surface area contributed by atoms with Crippen LogP contribution in [0.1, 0.15) is 73.1 Å². The van der Waals surface area contributed by atoms with Crippen molar-refractivity contribution in [1.82, 2.24) is 15.5 Å². The second-order valence-electron chi connectivity index (χ2n) is 6.66. The molecular weight excluding hydrogens is 323 g/mol. The lowest BCUT2D eigenvalue weighted by atomic mass is 9.95. The van der Waals surface area contributed by atoms with Crippen molar-refractivity contribution in [3.05, 3.63) is 46.9 Å². The number of nitriles is 1. The minimum Gasteiger partial charge on any atom is -0.339 e. The molecule has 7 heteroatoms. The van der Waals surface area contributed by atoms with Crippen molar-refractivity contribution in [1.29, 1.82) is 5.26 Å². The van der Waals surface area contributed by atoms with Crippen LogP contribution in [0.2, 0.25) is 0 Å². The Labute approximate surface area is 145 Å². The fourth-order valence-corrected chi connectivity index (χ4v) is 3.09. The fourth-order valence-electron chi connectivity index (χ4n) is 3.09. The number of hydrogen-bond acceptors (Lipinski definition) is 5. The first-order chi connectivity index (χ1) is 11.9. The van der Waals surface area contributed by atoms with E-state index < -0.39 is 11.4 Å². The van der Waals surface area contributed by atoms with E-state index in [0.29, 0.717) is 24.6 Å². The van der Waals surface area contributed by atoms with Crippen LogP contribution in [-0.2, 0) is 5.54 Å². The molecule has 0 saturated heterocycles. The number of carbonyl (C=O) groups is 1. The van der Waals surface area contributed by atoms with Gasteiger partial charge in [0.05, 0.1) is 5.56 Å². The van der Waals surface area contributed by atoms with Crippen LogP contribution in [0.5, 0.6) is 0 Å². The molecular formula is C18H19FN4O2. The van der Waals surface area contributed by atoms with Gasteiger partial charge in [0.2, 0.25) is 5.89 Å². The lowest BCUT2D eigenvalue weighted by Gasteiger charge is -2.26. The summed E-state index contributed by atoms with van der Waals surface area (Å²) in [5.41, 5.74) is -0.610. The van der Waals surface area contributed by atoms with Crippen LogP contribution in [0.15, 0.2) is 22.7 Å². The minimum absolute atomic E-state index is 0.102. The summed E-state index contributed by atoms with van der Waals surface area (Å²) in [5.74, 6) is 0.0862. The topological polar surface area (TPSA) is 91.8 Å². The maximum atomic E-state index is 13.5. The van der Waals surface area contributed by atoms with E-state index in [0.717, 1.165) is 18.9 Å². The number of nitrogens with one attached hydrogen (secondary N) is 1. The van der Waals surface area contributed by atoms with Gasteiger partial charge in [-0.1, -0.05) is 31.8 Å². The van der Waals surface area contributed by atoms with Gasteiger partial charge in [-0.05, 0) is 31.0 Å². The highest BCUT2D eigenvalue weighted by atomic mass is 19.1. The molecule has 0 spiro atoms. The van der Waals surface area contributed by atoms with Crippen molar-refractivity contribution in [2.24, 2.45) is 0 Å². The van der Waals surface area contributed by atoms with E-state index in [9.17, 15) is 9.18 Å². The Morgan fingerprint density at radius 1 is 1.40 bits per heavy atom. The third-order valence-corrected chi connectivity index (χ3v) is 4.52. The molecule has 6 nitrogen and oxygen atoms in total. The maximum absolute atomic E-state index is 13.5. The van der Waals surface area contributed by atoms with E-state index in [1.165, 1.54) is 12.1 Å². The molecule has 1 aliphatic carbocycles. The molecule has 1 aromatic heterocycles. The van der Waals surface area contributed by atoms with Gasteiger partial charge in [0, 0.05) is 11.5 Å². The Morgan fingerprint density at radius 2 is 2.12 bits per heavy atom. The predicted molar refractivity (Wildman–Crippen MR) is 87.1 cm³/mol. The molecule has 1 amide bonds. The number of hydrogen-bond donors (Lipinski definition) is 1. The second kappa shape index (κ2) is 6.63. The van der Waals surface area contributed by atoms with E-state index in [2.05, 4.69) is 15.5 Å². The molecule has 2 aromatic rings. The Hall–Kier alpha value is -2.75. The third kappa shape index (κ3) is 3.25. The zero-order valence-corrected chi connectivity index (χ0v) is 14.2. The van der Waals surface area contributed by atoms with E-state index in [1.54, 1.807) is 6.07 Å². The van der Waals surface area contributed by atoms with Crippen molar-refractivity contribution >= 4 is 5.91 Å². The average molecular weight is 342 g/mol. The van der Waals surface area contributed by atoms with Gasteiger partial charge >= 0.3 is 0 Å². The van der Waals surface area contributed by atoms with Gasteiger partial charge in [0.25, 0.3) is 5.91 Å². The Morgan fingerprint density at radius 3 is 2.72 bits per heavy atom. The van der Waals surface area contributed by atoms with Gasteiger partial charge in [-0.25, -0.2) is 4.39 Å². The first-order valence-corrected chi connectivity index (χ1v) is 8.31. The van der Waals surface area contributed by atoms with Crippen LogP contribution < -0.4 is 5.32 Å². The van der Waals surface area contributed by atoms with Crippen LogP contribution in [0.4, 0.5) is 4.39 Å². The molecule has 0 bridgehead atoms. The maximum Gasteiger partial charge on any atom is 0.252 e. The summed E-state index contributed by atoms with van der Waals surface area (Å²) in [6, 6.07) is 5.49. The Balaban J connectivity index is 1.89. The predicted octanol–water partition coefficient (Wildman–Crippen LogP) is 3.40. The van der Waals surface area contributed by atoms with Crippen LogP contribution in [0.3, 0.4) is 0 Å². The zero-order chi connectivity index (χ0) is 18.0. The quantitative estimate of drug-likeness (QED) is 0.919. The third-order valence-electron chi connectivity index (χ3n) is 4.52. The molecule has 1 saturated carbocycles. The van der Waals surface area contributed by atoms with E-state index >= 15 is 0 Å². The van der Waals surface area contributed by atoms with E-state index in [-0.39, 0.29) is 23.0 Å². The lowest BCUT2D eigenvalue weighted by Crippen LogP contribution is -2.44. The smallest absolute Gasteiger partial charge is 0.252 e. The number of benzene rings is 1. The summed E-state index contributed by atoms with van der Waals surface area (Å²) in [7, 11) is 0. The zero-order valence-electron chi connectivity index (χ0n) is 14.2. The molecule has 1 fully saturated rings. The molecule has 0 radical (unpaired) electrons. The Bertz CT molecular complexity index is 832. The molecule has 1 aromatic carbocycles. The van der Waals surface area contributed by atoms with E-state index in [1.807, 2.05) is 13.8 Å². The van der Waals surface area contributed by atoms with Gasteiger partial charge in [-0.2, -0.15) is 10.2 Å². The molecule has 1 N–H and O–H groups in total. The molecule has 25 heavy (non-hydrogen) atoms. The SMILES string of the molecule is CC(C)c1nc(C2(NC(=O)c3ccc(F)c(C#N)c3)CCCC2)no1. The minimum atomic E-state index is -0.686. The molecule has 3 rings (SSSR count). The Kier molecular flexibility index (Phi) is 4.53. The van der Waals surface area contributed by atoms with E-state index in [4.69, 9.17) is 9.78 Å². The highest BCUT2D eigenvalue weighted by molar-refractivity contribution is 5.95. The highest BCUT2D eigenvalue weighted by Gasteiger charge is 2.41. The van der Waals surface area contributed by atoms with Crippen molar-refractivity contribution in [2.45, 2.75) is 51.0 Å². The molecule has 1 aliphatic rings. The van der Waals surface area contributed by atoms with Crippen molar-refractivity contribution in [3.63, 3.8) is 0 Å². The molecule has 130 valence electrons. The van der Waals surface area contributed by atoms with Crippen molar-refractivity contribution in [2.75, 3.05) is 0 Å². The number of nitrogens with zero attached hydrogens (tertiary/aromatic N) is 3. The van der Waals surface area contributed by atoms with Gasteiger partial charge in [0.1, 0.15) is 17.4 Å². The van der Waals surface area contributed by atoms with Crippen LogP contribution in [0.25, 0.3) is 0 Å². The summed E-state index contributed by atoms with van der Waals surface area (Å²) in [4.78, 5) is 17.1. The standard InChI is InChI=1S/C18H19FN4O2/c1-11(2)16-21-17(23-25-16)18(7-3-4-8-18)22-15(24)12-5-6-14(19)13(9-12)10-20/h5-6,9,11H,3-4,7-8H2,1-2H3,(H,22,24). The summed E-state index contributed by atoms with van der Waals surface area (Å²) < 4.78 is 18.8. The molecule has 0 unspecified atom stereocenters. The number of rotatable bonds is 4. The highest BCUT2D eigenvalue weighted by Crippen LogP contribution is 2.38.